The van der Waals surface area contributed by atoms with Crippen LogP contribution in [0.3, 0.4) is 0 Å². The van der Waals surface area contributed by atoms with Crippen LogP contribution < -0.4 is 4.74 Å². The maximum absolute atomic E-state index is 12.0. The van der Waals surface area contributed by atoms with E-state index < -0.39 is 12.6 Å². The smallest absolute Gasteiger partial charge is 0.387 e. The molecule has 1 aromatic carbocycles. The highest BCUT2D eigenvalue weighted by Crippen LogP contribution is 2.21. The van der Waals surface area contributed by atoms with Crippen molar-refractivity contribution in [3.63, 3.8) is 0 Å². The minimum absolute atomic E-state index is 0.0542. The number of nitrogens with zero attached hydrogens (tertiary/aromatic N) is 1. The molecule has 7 heteroatoms. The minimum atomic E-state index is -2.86. The highest BCUT2D eigenvalue weighted by molar-refractivity contribution is 5.87. The molecule has 0 aliphatic heterocycles. The van der Waals surface area contributed by atoms with E-state index in [1.54, 1.807) is 12.1 Å². The Morgan fingerprint density at radius 1 is 1.32 bits per heavy atom. The lowest BCUT2D eigenvalue weighted by Gasteiger charge is -2.04. The van der Waals surface area contributed by atoms with E-state index in [4.69, 9.17) is 0 Å². The Bertz CT molecular complexity index is 567. The van der Waals surface area contributed by atoms with Crippen LogP contribution >= 0.6 is 0 Å². The zero-order valence-corrected chi connectivity index (χ0v) is 9.89. The molecule has 0 saturated carbocycles. The van der Waals surface area contributed by atoms with Gasteiger partial charge in [0, 0.05) is 5.56 Å². The summed E-state index contributed by atoms with van der Waals surface area (Å²) in [5.41, 5.74) is 0.849. The average Bonchev–Trinajstić information content (AvgIpc) is 2.87. The van der Waals surface area contributed by atoms with Crippen LogP contribution in [-0.4, -0.2) is 29.7 Å². The van der Waals surface area contributed by atoms with Crippen LogP contribution in [0.4, 0.5) is 8.78 Å². The normalized spacial score (nSPS) is 10.5. The van der Waals surface area contributed by atoms with E-state index in [1.165, 1.54) is 25.4 Å². The third-order valence-corrected chi connectivity index (χ3v) is 2.33. The summed E-state index contributed by atoms with van der Waals surface area (Å²) in [5, 5.41) is 0. The molecule has 1 aromatic heterocycles. The van der Waals surface area contributed by atoms with Gasteiger partial charge in [-0.15, -0.1) is 0 Å². The molecule has 0 amide bonds. The number of nitrogens with one attached hydrogen (secondary N) is 1. The molecular formula is C12H10F2N2O3. The first kappa shape index (κ1) is 13.0. The average molecular weight is 268 g/mol. The van der Waals surface area contributed by atoms with E-state index in [9.17, 15) is 13.6 Å². The molecule has 0 aliphatic carbocycles. The van der Waals surface area contributed by atoms with Gasteiger partial charge < -0.3 is 14.5 Å². The number of carbonyl (C=O) groups excluding carboxylic acids is 1. The number of H-pyrrole nitrogens is 1. The van der Waals surface area contributed by atoms with Crippen LogP contribution in [-0.2, 0) is 4.74 Å². The first-order valence-corrected chi connectivity index (χ1v) is 5.28. The van der Waals surface area contributed by atoms with Crippen LogP contribution in [0.5, 0.6) is 5.75 Å². The van der Waals surface area contributed by atoms with Crippen molar-refractivity contribution < 1.29 is 23.0 Å². The van der Waals surface area contributed by atoms with Gasteiger partial charge >= 0.3 is 12.6 Å². The Hall–Kier alpha value is -2.44. The standard InChI is InChI=1S/C12H10F2N2O3/c1-18-11(17)9-6-15-10(16-9)7-2-4-8(5-3-7)19-12(13)14/h2-6,12H,1H3,(H,15,16). The minimum Gasteiger partial charge on any atom is -0.464 e. The second-order valence-corrected chi connectivity index (χ2v) is 3.54. The van der Waals surface area contributed by atoms with Crippen molar-refractivity contribution >= 4 is 5.97 Å². The molecule has 1 heterocycles. The van der Waals surface area contributed by atoms with Crippen molar-refractivity contribution in [2.45, 2.75) is 6.61 Å². The molecule has 100 valence electrons. The van der Waals surface area contributed by atoms with Crippen LogP contribution in [0, 0.1) is 0 Å². The fourth-order valence-corrected chi connectivity index (χ4v) is 1.48. The predicted octanol–water partition coefficient (Wildman–Crippen LogP) is 2.46. The van der Waals surface area contributed by atoms with Gasteiger partial charge in [-0.05, 0) is 24.3 Å². The van der Waals surface area contributed by atoms with Crippen molar-refractivity contribution in [1.29, 1.82) is 0 Å². The van der Waals surface area contributed by atoms with Crippen molar-refractivity contribution in [3.8, 4) is 17.1 Å². The van der Waals surface area contributed by atoms with Gasteiger partial charge in [0.15, 0.2) is 0 Å². The topological polar surface area (TPSA) is 64.2 Å². The van der Waals surface area contributed by atoms with Gasteiger partial charge in [-0.25, -0.2) is 9.78 Å². The molecule has 2 aromatic rings. The highest BCUT2D eigenvalue weighted by atomic mass is 19.3. The fourth-order valence-electron chi connectivity index (χ4n) is 1.48. The molecule has 0 atom stereocenters. The first-order valence-electron chi connectivity index (χ1n) is 5.28. The maximum atomic E-state index is 12.0. The van der Waals surface area contributed by atoms with Gasteiger partial charge in [0.25, 0.3) is 0 Å². The molecule has 2 rings (SSSR count). The van der Waals surface area contributed by atoms with Crippen LogP contribution in [0.1, 0.15) is 10.5 Å². The molecule has 0 radical (unpaired) electrons. The van der Waals surface area contributed by atoms with E-state index in [-0.39, 0.29) is 11.4 Å². The Morgan fingerprint density at radius 2 is 2.00 bits per heavy atom. The van der Waals surface area contributed by atoms with E-state index in [1.807, 2.05) is 0 Å². The van der Waals surface area contributed by atoms with Crippen molar-refractivity contribution in [3.05, 3.63) is 36.2 Å². The number of imidazole rings is 1. The van der Waals surface area contributed by atoms with Crippen LogP contribution in [0.2, 0.25) is 0 Å². The summed E-state index contributed by atoms with van der Waals surface area (Å²) in [6.45, 7) is -2.86. The molecule has 1 N–H and O–H groups in total. The molecule has 0 bridgehead atoms. The Balaban J connectivity index is 2.18. The fraction of sp³-hybridized carbons (Fsp3) is 0.167. The molecule has 0 spiro atoms. The quantitative estimate of drug-likeness (QED) is 0.865. The number of alkyl halides is 2. The lowest BCUT2D eigenvalue weighted by molar-refractivity contribution is -0.0498. The van der Waals surface area contributed by atoms with Gasteiger partial charge in [-0.2, -0.15) is 8.78 Å². The lowest BCUT2D eigenvalue weighted by Crippen LogP contribution is -2.01. The van der Waals surface area contributed by atoms with Gasteiger partial charge in [0.2, 0.25) is 0 Å². The third-order valence-electron chi connectivity index (χ3n) is 2.33. The summed E-state index contributed by atoms with van der Waals surface area (Å²) in [6, 6.07) is 5.89. The molecule has 0 saturated heterocycles. The molecule has 0 aliphatic rings. The van der Waals surface area contributed by atoms with Crippen molar-refractivity contribution in [1.82, 2.24) is 9.97 Å². The zero-order valence-electron chi connectivity index (χ0n) is 9.89. The number of hydrogen-bond acceptors (Lipinski definition) is 4. The summed E-state index contributed by atoms with van der Waals surface area (Å²) in [7, 11) is 1.26. The maximum Gasteiger partial charge on any atom is 0.387 e. The van der Waals surface area contributed by atoms with Gasteiger partial charge in [0.1, 0.15) is 17.3 Å². The number of carbonyl (C=O) groups is 1. The number of aromatic nitrogens is 2. The van der Waals surface area contributed by atoms with E-state index in [0.29, 0.717) is 11.4 Å². The zero-order chi connectivity index (χ0) is 13.8. The Labute approximate surface area is 107 Å². The van der Waals surface area contributed by atoms with Crippen molar-refractivity contribution in [2.24, 2.45) is 0 Å². The number of esters is 1. The third kappa shape index (κ3) is 3.06. The number of hydrogen-bond donors (Lipinski definition) is 1. The molecular weight excluding hydrogens is 258 g/mol. The molecule has 0 unspecified atom stereocenters. The number of methoxy groups -OCH3 is 1. The predicted molar refractivity (Wildman–Crippen MR) is 62.0 cm³/mol. The van der Waals surface area contributed by atoms with E-state index in [2.05, 4.69) is 19.4 Å². The van der Waals surface area contributed by atoms with Gasteiger partial charge in [-0.1, -0.05) is 0 Å². The molecule has 0 fully saturated rings. The van der Waals surface area contributed by atoms with Crippen LogP contribution in [0.15, 0.2) is 30.5 Å². The van der Waals surface area contributed by atoms with Crippen LogP contribution in [0.25, 0.3) is 11.4 Å². The first-order chi connectivity index (χ1) is 9.10. The highest BCUT2D eigenvalue weighted by Gasteiger charge is 2.11. The van der Waals surface area contributed by atoms with Gasteiger partial charge in [-0.3, -0.25) is 0 Å². The summed E-state index contributed by atoms with van der Waals surface area (Å²) >= 11 is 0. The summed E-state index contributed by atoms with van der Waals surface area (Å²) in [6.07, 6.45) is 1.34. The second kappa shape index (κ2) is 5.47. The number of halogens is 2. The number of ether oxygens (including phenoxy) is 2. The summed E-state index contributed by atoms with van der Waals surface area (Å²) in [4.78, 5) is 18.0. The largest absolute Gasteiger partial charge is 0.464 e. The molecule has 19 heavy (non-hydrogen) atoms. The van der Waals surface area contributed by atoms with E-state index >= 15 is 0 Å². The Kier molecular flexibility index (Phi) is 3.74. The van der Waals surface area contributed by atoms with Crippen molar-refractivity contribution in [2.75, 3.05) is 7.11 Å². The monoisotopic (exact) mass is 268 g/mol. The van der Waals surface area contributed by atoms with Gasteiger partial charge in [0.05, 0.1) is 13.3 Å². The number of rotatable bonds is 4. The molecule has 5 nitrogen and oxygen atoms in total. The Morgan fingerprint density at radius 3 is 2.58 bits per heavy atom. The number of benzene rings is 1. The number of aromatic amines is 1. The summed E-state index contributed by atoms with van der Waals surface area (Å²) in [5.74, 6) is -0.0427. The lowest BCUT2D eigenvalue weighted by atomic mass is 10.2. The summed E-state index contributed by atoms with van der Waals surface area (Å²) < 4.78 is 32.7. The SMILES string of the molecule is COC(=O)c1cnc(-c2ccc(OC(F)F)cc2)[nH]1. The van der Waals surface area contributed by atoms with E-state index in [0.717, 1.165) is 0 Å². The second-order valence-electron chi connectivity index (χ2n) is 3.54.